The van der Waals surface area contributed by atoms with E-state index in [1.54, 1.807) is 12.1 Å². The van der Waals surface area contributed by atoms with Crippen molar-refractivity contribution in [3.05, 3.63) is 70.6 Å². The van der Waals surface area contributed by atoms with Crippen molar-refractivity contribution in [3.8, 4) is 11.1 Å². The van der Waals surface area contributed by atoms with E-state index >= 15 is 0 Å². The number of pyridine rings is 1. The SMILES string of the molecule is NC(=O)c1[nH]c(=O)c2ccccc2c1-c1ccccc1. The number of nitrogens with one attached hydrogen (secondary N) is 1. The van der Waals surface area contributed by atoms with Gasteiger partial charge in [0.1, 0.15) is 5.69 Å². The van der Waals surface area contributed by atoms with Gasteiger partial charge in [-0.05, 0) is 17.0 Å². The number of carbonyl (C=O) groups is 1. The Morgan fingerprint density at radius 3 is 2.15 bits per heavy atom. The number of amides is 1. The molecule has 20 heavy (non-hydrogen) atoms. The average Bonchev–Trinajstić information content (AvgIpc) is 2.48. The maximum absolute atomic E-state index is 12.0. The summed E-state index contributed by atoms with van der Waals surface area (Å²) in [6, 6.07) is 16.6. The fraction of sp³-hybridized carbons (Fsp3) is 0. The van der Waals surface area contributed by atoms with E-state index in [0.29, 0.717) is 10.9 Å². The zero-order valence-electron chi connectivity index (χ0n) is 10.6. The molecule has 0 radical (unpaired) electrons. The first kappa shape index (κ1) is 12.2. The summed E-state index contributed by atoms with van der Waals surface area (Å²) in [4.78, 5) is 26.3. The molecule has 0 atom stereocenters. The van der Waals surface area contributed by atoms with Gasteiger partial charge >= 0.3 is 0 Å². The normalized spacial score (nSPS) is 10.6. The Bertz CT molecular complexity index is 851. The van der Waals surface area contributed by atoms with Crippen molar-refractivity contribution in [2.24, 2.45) is 5.73 Å². The summed E-state index contributed by atoms with van der Waals surface area (Å²) in [5, 5.41) is 1.26. The minimum Gasteiger partial charge on any atom is -0.364 e. The second-order valence-corrected chi connectivity index (χ2v) is 4.48. The molecule has 3 N–H and O–H groups in total. The van der Waals surface area contributed by atoms with E-state index in [2.05, 4.69) is 4.98 Å². The highest BCUT2D eigenvalue weighted by molar-refractivity contribution is 6.07. The summed E-state index contributed by atoms with van der Waals surface area (Å²) in [7, 11) is 0. The van der Waals surface area contributed by atoms with Crippen molar-refractivity contribution in [2.45, 2.75) is 0 Å². The predicted molar refractivity (Wildman–Crippen MR) is 78.5 cm³/mol. The molecule has 0 saturated carbocycles. The number of aromatic nitrogens is 1. The van der Waals surface area contributed by atoms with E-state index in [1.807, 2.05) is 42.5 Å². The van der Waals surface area contributed by atoms with Crippen LogP contribution in [0.4, 0.5) is 0 Å². The molecule has 0 spiro atoms. The first-order chi connectivity index (χ1) is 9.68. The number of rotatable bonds is 2. The molecule has 0 saturated heterocycles. The molecule has 0 fully saturated rings. The van der Waals surface area contributed by atoms with Gasteiger partial charge in [0, 0.05) is 10.9 Å². The summed E-state index contributed by atoms with van der Waals surface area (Å²) < 4.78 is 0. The van der Waals surface area contributed by atoms with Crippen LogP contribution in [-0.2, 0) is 0 Å². The van der Waals surface area contributed by atoms with Crippen LogP contribution in [0.3, 0.4) is 0 Å². The van der Waals surface area contributed by atoms with Crippen molar-refractivity contribution < 1.29 is 4.79 Å². The van der Waals surface area contributed by atoms with Crippen LogP contribution < -0.4 is 11.3 Å². The molecule has 98 valence electrons. The van der Waals surface area contributed by atoms with E-state index in [4.69, 9.17) is 5.73 Å². The van der Waals surface area contributed by atoms with Crippen molar-refractivity contribution in [1.29, 1.82) is 0 Å². The van der Waals surface area contributed by atoms with E-state index in [1.165, 1.54) is 0 Å². The summed E-state index contributed by atoms with van der Waals surface area (Å²) in [5.41, 5.74) is 6.73. The molecule has 1 amide bonds. The highest BCUT2D eigenvalue weighted by Crippen LogP contribution is 2.28. The first-order valence-electron chi connectivity index (χ1n) is 6.18. The standard InChI is InChI=1S/C16H12N2O2/c17-15(19)14-13(10-6-2-1-3-7-10)11-8-4-5-9-12(11)16(20)18-14/h1-9H,(H2,17,19)(H,18,20). The molecule has 0 bridgehead atoms. The smallest absolute Gasteiger partial charge is 0.265 e. The lowest BCUT2D eigenvalue weighted by Gasteiger charge is -2.10. The highest BCUT2D eigenvalue weighted by atomic mass is 16.1. The third-order valence-electron chi connectivity index (χ3n) is 3.24. The second-order valence-electron chi connectivity index (χ2n) is 4.48. The number of benzene rings is 2. The average molecular weight is 264 g/mol. The van der Waals surface area contributed by atoms with E-state index in [-0.39, 0.29) is 11.3 Å². The highest BCUT2D eigenvalue weighted by Gasteiger charge is 2.16. The van der Waals surface area contributed by atoms with Crippen LogP contribution >= 0.6 is 0 Å². The maximum Gasteiger partial charge on any atom is 0.265 e. The number of primary amides is 1. The molecule has 0 unspecified atom stereocenters. The molecule has 4 heteroatoms. The van der Waals surface area contributed by atoms with Crippen LogP contribution in [0.2, 0.25) is 0 Å². The first-order valence-corrected chi connectivity index (χ1v) is 6.18. The van der Waals surface area contributed by atoms with Crippen LogP contribution in [0.25, 0.3) is 21.9 Å². The molecular formula is C16H12N2O2. The van der Waals surface area contributed by atoms with Crippen molar-refractivity contribution in [1.82, 2.24) is 4.98 Å². The third-order valence-corrected chi connectivity index (χ3v) is 3.24. The second kappa shape index (κ2) is 4.66. The Morgan fingerprint density at radius 1 is 0.900 bits per heavy atom. The zero-order valence-corrected chi connectivity index (χ0v) is 10.6. The van der Waals surface area contributed by atoms with Gasteiger partial charge in [0.2, 0.25) is 0 Å². The Balaban J connectivity index is 2.50. The Morgan fingerprint density at radius 2 is 1.50 bits per heavy atom. The fourth-order valence-electron chi connectivity index (χ4n) is 2.37. The topological polar surface area (TPSA) is 76.0 Å². The van der Waals surface area contributed by atoms with Gasteiger partial charge in [-0.1, -0.05) is 48.5 Å². The number of hydrogen-bond donors (Lipinski definition) is 2. The van der Waals surface area contributed by atoms with Gasteiger partial charge in [0.15, 0.2) is 0 Å². The van der Waals surface area contributed by atoms with Gasteiger partial charge < -0.3 is 10.7 Å². The maximum atomic E-state index is 12.0. The molecule has 0 aliphatic carbocycles. The Labute approximate surface area is 114 Å². The molecule has 3 aromatic rings. The van der Waals surface area contributed by atoms with Gasteiger partial charge in [0.05, 0.1) is 0 Å². The van der Waals surface area contributed by atoms with E-state index < -0.39 is 5.91 Å². The quantitative estimate of drug-likeness (QED) is 0.745. The number of H-pyrrole nitrogens is 1. The molecule has 4 nitrogen and oxygen atoms in total. The Hall–Kier alpha value is -2.88. The third kappa shape index (κ3) is 1.87. The van der Waals surface area contributed by atoms with E-state index in [0.717, 1.165) is 10.9 Å². The number of fused-ring (bicyclic) bond motifs is 1. The summed E-state index contributed by atoms with van der Waals surface area (Å²) >= 11 is 0. The van der Waals surface area contributed by atoms with Crippen LogP contribution in [0.5, 0.6) is 0 Å². The van der Waals surface area contributed by atoms with Crippen LogP contribution in [0, 0.1) is 0 Å². The molecule has 2 aromatic carbocycles. The van der Waals surface area contributed by atoms with E-state index in [9.17, 15) is 9.59 Å². The lowest BCUT2D eigenvalue weighted by Crippen LogP contribution is -2.20. The van der Waals surface area contributed by atoms with Crippen molar-refractivity contribution in [3.63, 3.8) is 0 Å². The molecular weight excluding hydrogens is 252 g/mol. The van der Waals surface area contributed by atoms with Crippen LogP contribution in [0.1, 0.15) is 10.5 Å². The summed E-state index contributed by atoms with van der Waals surface area (Å²) in [6.07, 6.45) is 0. The number of aromatic amines is 1. The number of carbonyl (C=O) groups excluding carboxylic acids is 1. The lowest BCUT2D eigenvalue weighted by atomic mass is 9.97. The minimum atomic E-state index is -0.647. The molecule has 1 aromatic heterocycles. The molecule has 0 aliphatic rings. The Kier molecular flexibility index (Phi) is 2.84. The van der Waals surface area contributed by atoms with Gasteiger partial charge in [-0.25, -0.2) is 0 Å². The predicted octanol–water partition coefficient (Wildman–Crippen LogP) is 2.29. The molecule has 1 heterocycles. The van der Waals surface area contributed by atoms with Gasteiger partial charge in [-0.3, -0.25) is 9.59 Å². The van der Waals surface area contributed by atoms with Gasteiger partial charge in [-0.15, -0.1) is 0 Å². The van der Waals surface area contributed by atoms with Gasteiger partial charge in [-0.2, -0.15) is 0 Å². The lowest BCUT2D eigenvalue weighted by molar-refractivity contribution is 0.0996. The van der Waals surface area contributed by atoms with Crippen molar-refractivity contribution >= 4 is 16.7 Å². The summed E-state index contributed by atoms with van der Waals surface area (Å²) in [5.74, 6) is -0.647. The number of hydrogen-bond acceptors (Lipinski definition) is 2. The molecule has 0 aliphatic heterocycles. The molecule has 3 rings (SSSR count). The van der Waals surface area contributed by atoms with Crippen LogP contribution in [-0.4, -0.2) is 10.9 Å². The monoisotopic (exact) mass is 264 g/mol. The summed E-state index contributed by atoms with van der Waals surface area (Å²) in [6.45, 7) is 0. The zero-order chi connectivity index (χ0) is 14.1. The van der Waals surface area contributed by atoms with Crippen LogP contribution in [0.15, 0.2) is 59.4 Å². The fourth-order valence-corrected chi connectivity index (χ4v) is 2.37. The largest absolute Gasteiger partial charge is 0.364 e. The minimum absolute atomic E-state index is 0.139. The van der Waals surface area contributed by atoms with Gasteiger partial charge in [0.25, 0.3) is 11.5 Å². The van der Waals surface area contributed by atoms with Crippen molar-refractivity contribution in [2.75, 3.05) is 0 Å². The number of nitrogens with two attached hydrogens (primary N) is 1.